The number of rotatable bonds is 7. The summed E-state index contributed by atoms with van der Waals surface area (Å²) in [6.45, 7) is 10.1. The number of amides is 1. The highest BCUT2D eigenvalue weighted by atomic mass is 16.1. The Morgan fingerprint density at radius 1 is 1.21 bits per heavy atom. The van der Waals surface area contributed by atoms with Gasteiger partial charge in [-0.3, -0.25) is 9.78 Å². The van der Waals surface area contributed by atoms with Crippen LogP contribution in [0.1, 0.15) is 64.4 Å². The lowest BCUT2D eigenvalue weighted by molar-refractivity contribution is -0.126. The molecular weight excluding hydrogens is 360 g/mol. The maximum atomic E-state index is 12.5. The molecule has 1 aromatic heterocycles. The fourth-order valence-corrected chi connectivity index (χ4v) is 5.31. The zero-order valence-electron chi connectivity index (χ0n) is 18.3. The molecule has 1 amide bonds. The average Bonchev–Trinajstić information content (AvgIpc) is 3.49. The van der Waals surface area contributed by atoms with E-state index in [0.29, 0.717) is 12.0 Å². The average molecular weight is 399 g/mol. The van der Waals surface area contributed by atoms with Crippen molar-refractivity contribution in [2.24, 2.45) is 11.3 Å². The first-order chi connectivity index (χ1) is 14.0. The maximum Gasteiger partial charge on any atom is 0.223 e. The summed E-state index contributed by atoms with van der Waals surface area (Å²) < 4.78 is 0. The van der Waals surface area contributed by atoms with Gasteiger partial charge in [-0.2, -0.15) is 0 Å². The first-order valence-electron chi connectivity index (χ1n) is 11.7. The molecule has 1 aliphatic carbocycles. The molecular formula is C24H38N4O. The molecule has 1 saturated carbocycles. The fraction of sp³-hybridized carbons (Fsp3) is 0.750. The molecule has 4 rings (SSSR count). The minimum atomic E-state index is 0.169. The van der Waals surface area contributed by atoms with Crippen LogP contribution in [-0.2, 0) is 11.3 Å². The summed E-state index contributed by atoms with van der Waals surface area (Å²) in [5.74, 6) is 0.382. The van der Waals surface area contributed by atoms with Gasteiger partial charge in [-0.1, -0.05) is 13.0 Å². The number of carbonyl (C=O) groups is 1. The van der Waals surface area contributed by atoms with Gasteiger partial charge in [0, 0.05) is 36.9 Å². The standard InChI is InChI=1S/C24H38N4O/c1-19(16-24(2)9-10-24)27-14-7-22(8-15-27)28-12-5-21(6-13-28)23(29)26-18-20-4-3-11-25-17-20/h3-4,11,17,19,21-22H,5-10,12-16,18H2,1-2H3,(H,26,29)/t19-/m1/s1. The van der Waals surface area contributed by atoms with Crippen LogP contribution in [0.2, 0.25) is 0 Å². The minimum absolute atomic E-state index is 0.169. The third-order valence-corrected chi connectivity index (χ3v) is 7.62. The van der Waals surface area contributed by atoms with Crippen LogP contribution in [0.5, 0.6) is 0 Å². The number of hydrogen-bond donors (Lipinski definition) is 1. The lowest BCUT2D eigenvalue weighted by atomic mass is 9.92. The highest BCUT2D eigenvalue weighted by Crippen LogP contribution is 2.49. The van der Waals surface area contributed by atoms with Crippen molar-refractivity contribution in [3.05, 3.63) is 30.1 Å². The molecule has 29 heavy (non-hydrogen) atoms. The predicted octanol–water partition coefficient (Wildman–Crippen LogP) is 3.45. The normalized spacial score (nSPS) is 24.9. The molecule has 0 bridgehead atoms. The molecule has 1 aromatic rings. The van der Waals surface area contributed by atoms with Crippen LogP contribution in [0.4, 0.5) is 0 Å². The number of aromatic nitrogens is 1. The number of nitrogens with one attached hydrogen (secondary N) is 1. The molecule has 0 spiro atoms. The van der Waals surface area contributed by atoms with Gasteiger partial charge in [0.2, 0.25) is 5.91 Å². The van der Waals surface area contributed by atoms with Gasteiger partial charge in [0.25, 0.3) is 0 Å². The molecule has 5 nitrogen and oxygen atoms in total. The third-order valence-electron chi connectivity index (χ3n) is 7.62. The Balaban J connectivity index is 1.16. The van der Waals surface area contributed by atoms with Crippen molar-refractivity contribution in [1.29, 1.82) is 0 Å². The van der Waals surface area contributed by atoms with Crippen molar-refractivity contribution in [2.45, 2.75) is 77.4 Å². The van der Waals surface area contributed by atoms with Gasteiger partial charge in [-0.05, 0) is 95.1 Å². The molecule has 2 saturated heterocycles. The lowest BCUT2D eigenvalue weighted by Crippen LogP contribution is -2.50. The summed E-state index contributed by atoms with van der Waals surface area (Å²) in [5, 5.41) is 3.10. The van der Waals surface area contributed by atoms with Crippen molar-refractivity contribution in [3.63, 3.8) is 0 Å². The van der Waals surface area contributed by atoms with Gasteiger partial charge in [0.1, 0.15) is 0 Å². The van der Waals surface area contributed by atoms with E-state index in [-0.39, 0.29) is 11.8 Å². The van der Waals surface area contributed by atoms with Crippen LogP contribution in [0.15, 0.2) is 24.5 Å². The van der Waals surface area contributed by atoms with Gasteiger partial charge in [-0.15, -0.1) is 0 Å². The zero-order chi connectivity index (χ0) is 20.3. The molecule has 1 N–H and O–H groups in total. The van der Waals surface area contributed by atoms with Crippen LogP contribution < -0.4 is 5.32 Å². The van der Waals surface area contributed by atoms with Crippen molar-refractivity contribution in [2.75, 3.05) is 26.2 Å². The van der Waals surface area contributed by atoms with E-state index < -0.39 is 0 Å². The summed E-state index contributed by atoms with van der Waals surface area (Å²) in [7, 11) is 0. The van der Waals surface area contributed by atoms with Crippen LogP contribution in [0.25, 0.3) is 0 Å². The quantitative estimate of drug-likeness (QED) is 0.764. The molecule has 3 fully saturated rings. The molecule has 3 heterocycles. The Morgan fingerprint density at radius 3 is 2.55 bits per heavy atom. The Kier molecular flexibility index (Phi) is 6.55. The summed E-state index contributed by atoms with van der Waals surface area (Å²) in [6.07, 6.45) is 12.4. The summed E-state index contributed by atoms with van der Waals surface area (Å²) in [4.78, 5) is 22.0. The van der Waals surface area contributed by atoms with Crippen LogP contribution in [-0.4, -0.2) is 59.0 Å². The van der Waals surface area contributed by atoms with Crippen molar-refractivity contribution in [3.8, 4) is 0 Å². The molecule has 160 valence electrons. The number of nitrogens with zero attached hydrogens (tertiary/aromatic N) is 3. The van der Waals surface area contributed by atoms with Crippen LogP contribution in [0.3, 0.4) is 0 Å². The van der Waals surface area contributed by atoms with Gasteiger partial charge < -0.3 is 15.1 Å². The largest absolute Gasteiger partial charge is 0.352 e. The molecule has 0 unspecified atom stereocenters. The predicted molar refractivity (Wildman–Crippen MR) is 116 cm³/mol. The molecule has 3 aliphatic rings. The number of likely N-dealkylation sites (tertiary alicyclic amines) is 2. The Morgan fingerprint density at radius 2 is 1.93 bits per heavy atom. The smallest absolute Gasteiger partial charge is 0.223 e. The van der Waals surface area contributed by atoms with Gasteiger partial charge in [0.15, 0.2) is 0 Å². The second-order valence-corrected chi connectivity index (χ2v) is 10.0. The van der Waals surface area contributed by atoms with Crippen LogP contribution >= 0.6 is 0 Å². The van der Waals surface area contributed by atoms with E-state index in [1.165, 1.54) is 45.2 Å². The second-order valence-electron chi connectivity index (χ2n) is 10.0. The number of piperidine rings is 2. The van der Waals surface area contributed by atoms with Crippen molar-refractivity contribution in [1.82, 2.24) is 20.1 Å². The maximum absolute atomic E-state index is 12.5. The van der Waals surface area contributed by atoms with E-state index in [0.717, 1.165) is 43.6 Å². The first-order valence-corrected chi connectivity index (χ1v) is 11.7. The zero-order valence-corrected chi connectivity index (χ0v) is 18.3. The minimum Gasteiger partial charge on any atom is -0.352 e. The molecule has 0 radical (unpaired) electrons. The summed E-state index contributed by atoms with van der Waals surface area (Å²) in [5.41, 5.74) is 1.71. The van der Waals surface area contributed by atoms with E-state index in [9.17, 15) is 4.79 Å². The van der Waals surface area contributed by atoms with E-state index in [1.807, 2.05) is 18.3 Å². The molecule has 1 atom stereocenters. The second kappa shape index (κ2) is 9.13. The Bertz CT molecular complexity index is 659. The van der Waals surface area contributed by atoms with E-state index in [4.69, 9.17) is 0 Å². The molecule has 2 aliphatic heterocycles. The van der Waals surface area contributed by atoms with E-state index in [2.05, 4.69) is 33.9 Å². The lowest BCUT2D eigenvalue weighted by Gasteiger charge is -2.43. The third kappa shape index (κ3) is 5.58. The van der Waals surface area contributed by atoms with Gasteiger partial charge in [-0.25, -0.2) is 0 Å². The van der Waals surface area contributed by atoms with Crippen LogP contribution in [0, 0.1) is 11.3 Å². The SMILES string of the molecule is C[C@H](CC1(C)CC1)N1CCC(N2CCC(C(=O)NCc3cccnc3)CC2)CC1. The fourth-order valence-electron chi connectivity index (χ4n) is 5.31. The Hall–Kier alpha value is -1.46. The summed E-state index contributed by atoms with van der Waals surface area (Å²) in [6, 6.07) is 5.37. The first kappa shape index (κ1) is 20.8. The topological polar surface area (TPSA) is 48.5 Å². The monoisotopic (exact) mass is 398 g/mol. The number of hydrogen-bond acceptors (Lipinski definition) is 4. The van der Waals surface area contributed by atoms with Crippen molar-refractivity contribution >= 4 is 5.91 Å². The highest BCUT2D eigenvalue weighted by molar-refractivity contribution is 5.78. The summed E-state index contributed by atoms with van der Waals surface area (Å²) >= 11 is 0. The number of pyridine rings is 1. The molecule has 0 aromatic carbocycles. The highest BCUT2D eigenvalue weighted by Gasteiger charge is 2.40. The van der Waals surface area contributed by atoms with Gasteiger partial charge in [0.05, 0.1) is 0 Å². The van der Waals surface area contributed by atoms with Gasteiger partial charge >= 0.3 is 0 Å². The van der Waals surface area contributed by atoms with E-state index >= 15 is 0 Å². The Labute approximate surface area is 176 Å². The number of carbonyl (C=O) groups excluding carboxylic acids is 1. The molecule has 5 heteroatoms. The van der Waals surface area contributed by atoms with E-state index in [1.54, 1.807) is 6.20 Å². The van der Waals surface area contributed by atoms with Crippen molar-refractivity contribution < 1.29 is 4.79 Å².